The van der Waals surface area contributed by atoms with Crippen molar-refractivity contribution in [2.24, 2.45) is 0 Å². The first-order chi connectivity index (χ1) is 12.6. The van der Waals surface area contributed by atoms with Crippen molar-refractivity contribution in [3.8, 4) is 0 Å². The van der Waals surface area contributed by atoms with Crippen molar-refractivity contribution in [2.75, 3.05) is 26.2 Å². The highest BCUT2D eigenvalue weighted by atomic mass is 19.1. The number of hydrogen-bond donors (Lipinski definition) is 2. The van der Waals surface area contributed by atoms with Gasteiger partial charge in [-0.05, 0) is 36.2 Å². The zero-order valence-electron chi connectivity index (χ0n) is 14.7. The number of aromatic nitrogens is 1. The molecule has 1 aromatic carbocycles. The Balaban J connectivity index is 1.54. The molecule has 0 radical (unpaired) electrons. The minimum Gasteiger partial charge on any atom is -0.357 e. The van der Waals surface area contributed by atoms with Crippen LogP contribution in [0.4, 0.5) is 9.18 Å². The van der Waals surface area contributed by atoms with Gasteiger partial charge in [-0.3, -0.25) is 4.79 Å². The fourth-order valence-electron chi connectivity index (χ4n) is 3.10. The zero-order valence-corrected chi connectivity index (χ0v) is 14.7. The predicted octanol–water partition coefficient (Wildman–Crippen LogP) is 2.77. The molecule has 2 N–H and O–H groups in total. The van der Waals surface area contributed by atoms with Crippen molar-refractivity contribution in [3.05, 3.63) is 59.7 Å². The van der Waals surface area contributed by atoms with E-state index in [1.165, 1.54) is 12.1 Å². The molecule has 1 aliphatic heterocycles. The predicted molar refractivity (Wildman–Crippen MR) is 96.2 cm³/mol. The van der Waals surface area contributed by atoms with Gasteiger partial charge >= 0.3 is 6.03 Å². The monoisotopic (exact) mass is 358 g/mol. The van der Waals surface area contributed by atoms with Gasteiger partial charge in [0.25, 0.3) is 5.91 Å². The molecule has 0 spiro atoms. The Morgan fingerprint density at radius 1 is 1.12 bits per heavy atom. The average Bonchev–Trinajstić information content (AvgIpc) is 3.21. The van der Waals surface area contributed by atoms with Crippen LogP contribution < -0.4 is 5.32 Å². The fourth-order valence-corrected chi connectivity index (χ4v) is 3.10. The van der Waals surface area contributed by atoms with E-state index in [0.717, 1.165) is 5.56 Å². The molecule has 0 saturated carbocycles. The Bertz CT molecular complexity index is 737. The van der Waals surface area contributed by atoms with Crippen molar-refractivity contribution in [1.29, 1.82) is 0 Å². The number of H-pyrrole nitrogens is 1. The number of rotatable bonds is 4. The molecular weight excluding hydrogens is 335 g/mol. The second-order valence-corrected chi connectivity index (χ2v) is 6.32. The molecule has 1 aromatic heterocycles. The number of nitrogens with one attached hydrogen (secondary N) is 2. The Labute approximate surface area is 152 Å². The molecule has 0 aliphatic carbocycles. The zero-order chi connectivity index (χ0) is 18.5. The molecule has 7 heteroatoms. The van der Waals surface area contributed by atoms with Gasteiger partial charge in [0.05, 0.1) is 6.04 Å². The minimum absolute atomic E-state index is 0.0483. The number of hydrogen-bond acceptors (Lipinski definition) is 2. The maximum absolute atomic E-state index is 13.1. The first-order valence-electron chi connectivity index (χ1n) is 8.82. The molecule has 1 unspecified atom stereocenters. The Kier molecular flexibility index (Phi) is 5.55. The largest absolute Gasteiger partial charge is 0.357 e. The summed E-state index contributed by atoms with van der Waals surface area (Å²) in [5.74, 6) is -0.342. The van der Waals surface area contributed by atoms with Gasteiger partial charge in [0.15, 0.2) is 0 Å². The molecule has 2 heterocycles. The maximum atomic E-state index is 13.1. The van der Waals surface area contributed by atoms with Crippen molar-refractivity contribution in [3.63, 3.8) is 0 Å². The van der Waals surface area contributed by atoms with Gasteiger partial charge in [0, 0.05) is 32.4 Å². The summed E-state index contributed by atoms with van der Waals surface area (Å²) in [5, 5.41) is 3.00. The number of benzene rings is 1. The van der Waals surface area contributed by atoms with Crippen LogP contribution >= 0.6 is 0 Å². The smallest absolute Gasteiger partial charge is 0.318 e. The van der Waals surface area contributed by atoms with Gasteiger partial charge in [0.2, 0.25) is 0 Å². The Morgan fingerprint density at radius 3 is 2.35 bits per heavy atom. The van der Waals surface area contributed by atoms with Crippen LogP contribution in [0.1, 0.15) is 35.4 Å². The lowest BCUT2D eigenvalue weighted by molar-refractivity contribution is 0.0658. The third kappa shape index (κ3) is 4.04. The van der Waals surface area contributed by atoms with E-state index >= 15 is 0 Å². The lowest BCUT2D eigenvalue weighted by atomic mass is 10.0. The molecule has 3 amide bonds. The number of nitrogens with zero attached hydrogens (tertiary/aromatic N) is 2. The summed E-state index contributed by atoms with van der Waals surface area (Å²) in [7, 11) is 0. The third-order valence-corrected chi connectivity index (χ3v) is 4.66. The van der Waals surface area contributed by atoms with E-state index in [1.54, 1.807) is 40.3 Å². The van der Waals surface area contributed by atoms with Gasteiger partial charge < -0.3 is 20.1 Å². The van der Waals surface area contributed by atoms with Gasteiger partial charge in [-0.2, -0.15) is 0 Å². The van der Waals surface area contributed by atoms with Crippen LogP contribution in [-0.2, 0) is 0 Å². The maximum Gasteiger partial charge on any atom is 0.318 e. The number of carbonyl (C=O) groups excluding carboxylic acids is 2. The van der Waals surface area contributed by atoms with E-state index in [2.05, 4.69) is 10.3 Å². The van der Waals surface area contributed by atoms with E-state index in [-0.39, 0.29) is 23.8 Å². The van der Waals surface area contributed by atoms with Gasteiger partial charge in [-0.15, -0.1) is 0 Å². The van der Waals surface area contributed by atoms with E-state index in [1.807, 2.05) is 6.92 Å². The first-order valence-corrected chi connectivity index (χ1v) is 8.82. The van der Waals surface area contributed by atoms with Crippen LogP contribution in [0.3, 0.4) is 0 Å². The van der Waals surface area contributed by atoms with Gasteiger partial charge in [-0.1, -0.05) is 19.1 Å². The van der Waals surface area contributed by atoms with Crippen molar-refractivity contribution in [1.82, 2.24) is 20.1 Å². The summed E-state index contributed by atoms with van der Waals surface area (Å²) in [5.41, 5.74) is 1.44. The van der Waals surface area contributed by atoms with Crippen molar-refractivity contribution >= 4 is 11.9 Å². The summed E-state index contributed by atoms with van der Waals surface area (Å²) >= 11 is 0. The number of urea groups is 1. The van der Waals surface area contributed by atoms with Crippen LogP contribution in [0.25, 0.3) is 0 Å². The van der Waals surface area contributed by atoms with Crippen molar-refractivity contribution < 1.29 is 14.0 Å². The quantitative estimate of drug-likeness (QED) is 0.882. The lowest BCUT2D eigenvalue weighted by Gasteiger charge is -2.35. The number of aromatic amines is 1. The SMILES string of the molecule is CCC(NC(=O)N1CCN(C(=O)c2ccc[nH]2)CC1)c1ccc(F)cc1. The average molecular weight is 358 g/mol. The van der Waals surface area contributed by atoms with E-state index in [9.17, 15) is 14.0 Å². The molecule has 26 heavy (non-hydrogen) atoms. The topological polar surface area (TPSA) is 68.4 Å². The summed E-state index contributed by atoms with van der Waals surface area (Å²) in [6.07, 6.45) is 2.43. The van der Waals surface area contributed by atoms with Gasteiger partial charge in [0.1, 0.15) is 11.5 Å². The van der Waals surface area contributed by atoms with E-state index in [4.69, 9.17) is 0 Å². The number of amides is 3. The van der Waals surface area contributed by atoms with Crippen LogP contribution in [0.2, 0.25) is 0 Å². The summed E-state index contributed by atoms with van der Waals surface area (Å²) in [6, 6.07) is 9.39. The second-order valence-electron chi connectivity index (χ2n) is 6.32. The van der Waals surface area contributed by atoms with Crippen LogP contribution in [-0.4, -0.2) is 52.9 Å². The number of piperazine rings is 1. The fraction of sp³-hybridized carbons (Fsp3) is 0.368. The Morgan fingerprint density at radius 2 is 1.77 bits per heavy atom. The highest BCUT2D eigenvalue weighted by molar-refractivity contribution is 5.92. The van der Waals surface area contributed by atoms with Crippen LogP contribution in [0.15, 0.2) is 42.6 Å². The molecule has 6 nitrogen and oxygen atoms in total. The van der Waals surface area contributed by atoms with Crippen LogP contribution in [0, 0.1) is 5.82 Å². The van der Waals surface area contributed by atoms with Gasteiger partial charge in [-0.25, -0.2) is 9.18 Å². The number of carbonyl (C=O) groups is 2. The molecule has 2 aromatic rings. The molecule has 3 rings (SSSR count). The molecule has 138 valence electrons. The standard InChI is InChI=1S/C19H23FN4O2/c1-2-16(14-5-7-15(20)8-6-14)22-19(26)24-12-10-23(11-13-24)18(25)17-4-3-9-21-17/h3-9,16,21H,2,10-13H2,1H3,(H,22,26). The number of halogens is 1. The van der Waals surface area contributed by atoms with E-state index < -0.39 is 0 Å². The molecule has 1 aliphatic rings. The highest BCUT2D eigenvalue weighted by Gasteiger charge is 2.26. The molecule has 0 bridgehead atoms. The van der Waals surface area contributed by atoms with Crippen molar-refractivity contribution in [2.45, 2.75) is 19.4 Å². The molecule has 1 atom stereocenters. The Hall–Kier alpha value is -2.83. The first kappa shape index (κ1) is 18.0. The molecular formula is C19H23FN4O2. The summed E-state index contributed by atoms with van der Waals surface area (Å²) in [6.45, 7) is 3.94. The molecule has 1 saturated heterocycles. The second kappa shape index (κ2) is 8.03. The highest BCUT2D eigenvalue weighted by Crippen LogP contribution is 2.18. The lowest BCUT2D eigenvalue weighted by Crippen LogP contribution is -2.53. The van der Waals surface area contributed by atoms with E-state index in [0.29, 0.717) is 38.3 Å². The molecule has 1 fully saturated rings. The third-order valence-electron chi connectivity index (χ3n) is 4.66. The van der Waals surface area contributed by atoms with Crippen LogP contribution in [0.5, 0.6) is 0 Å². The summed E-state index contributed by atoms with van der Waals surface area (Å²) in [4.78, 5) is 31.2. The minimum atomic E-state index is -0.294. The normalized spacial score (nSPS) is 15.6. The summed E-state index contributed by atoms with van der Waals surface area (Å²) < 4.78 is 13.1.